The van der Waals surface area contributed by atoms with Crippen LogP contribution in [0, 0.1) is 0 Å². The molecule has 318 valence electrons. The molecule has 0 spiro atoms. The smallest absolute Gasteiger partial charge is 0.238 e. The standard InChI is InChI=1S/C62H40N6/c1-5-18-41(19-6-1)42-32-34-46(35-33-42)61-64-60(45-24-11-4-12-25-45)65-62(66-61)68-57-31-16-14-29-51(57)53-39-52-50-28-13-15-30-56(50)67(58(52)40-59(53)68)49-27-17-26-47(36-49)48-37-54(43-20-7-2-8-21-43)63-55(38-48)44-22-9-3-10-23-44/h1-40H. The van der Waals surface area contributed by atoms with E-state index < -0.39 is 0 Å². The van der Waals surface area contributed by atoms with Crippen LogP contribution < -0.4 is 0 Å². The average molecular weight is 869 g/mol. The van der Waals surface area contributed by atoms with Gasteiger partial charge >= 0.3 is 0 Å². The van der Waals surface area contributed by atoms with Gasteiger partial charge in [0.15, 0.2) is 11.6 Å². The molecular weight excluding hydrogens is 829 g/mol. The van der Waals surface area contributed by atoms with E-state index in [1.807, 2.05) is 36.4 Å². The van der Waals surface area contributed by atoms with E-state index in [1.54, 1.807) is 0 Å². The van der Waals surface area contributed by atoms with Crippen LogP contribution in [0.2, 0.25) is 0 Å². The van der Waals surface area contributed by atoms with Crippen LogP contribution in [0.15, 0.2) is 243 Å². The van der Waals surface area contributed by atoms with Crippen molar-refractivity contribution >= 4 is 43.6 Å². The van der Waals surface area contributed by atoms with Gasteiger partial charge in [-0.25, -0.2) is 9.97 Å². The molecule has 0 aliphatic carbocycles. The van der Waals surface area contributed by atoms with E-state index in [1.165, 1.54) is 10.8 Å². The molecule has 0 saturated heterocycles. The summed E-state index contributed by atoms with van der Waals surface area (Å²) in [7, 11) is 0. The highest BCUT2D eigenvalue weighted by atomic mass is 15.2. The maximum Gasteiger partial charge on any atom is 0.238 e. The molecule has 0 aliphatic rings. The molecule has 0 unspecified atom stereocenters. The molecule has 6 nitrogen and oxygen atoms in total. The molecule has 4 heterocycles. The first-order chi connectivity index (χ1) is 33.7. The number of nitrogens with zero attached hydrogens (tertiary/aromatic N) is 6. The molecule has 13 aromatic rings. The highest BCUT2D eigenvalue weighted by Gasteiger charge is 2.22. The van der Waals surface area contributed by atoms with Crippen molar-refractivity contribution in [1.29, 1.82) is 0 Å². The summed E-state index contributed by atoms with van der Waals surface area (Å²) in [5, 5.41) is 4.60. The molecule has 0 aliphatic heterocycles. The van der Waals surface area contributed by atoms with E-state index in [-0.39, 0.29) is 0 Å². The zero-order valence-corrected chi connectivity index (χ0v) is 36.8. The fourth-order valence-electron chi connectivity index (χ4n) is 9.71. The van der Waals surface area contributed by atoms with E-state index in [4.69, 9.17) is 19.9 Å². The Kier molecular flexibility index (Phi) is 9.39. The first-order valence-corrected chi connectivity index (χ1v) is 22.9. The van der Waals surface area contributed by atoms with Gasteiger partial charge in [-0.15, -0.1) is 0 Å². The molecule has 9 aromatic carbocycles. The Bertz CT molecular complexity index is 3930. The number of hydrogen-bond acceptors (Lipinski definition) is 4. The van der Waals surface area contributed by atoms with Crippen LogP contribution in [-0.4, -0.2) is 29.1 Å². The van der Waals surface area contributed by atoms with Gasteiger partial charge in [0, 0.05) is 49.5 Å². The van der Waals surface area contributed by atoms with Gasteiger partial charge in [-0.05, 0) is 70.8 Å². The lowest BCUT2D eigenvalue weighted by atomic mass is 9.99. The molecule has 0 amide bonds. The van der Waals surface area contributed by atoms with Crippen molar-refractivity contribution in [3.8, 4) is 79.2 Å². The van der Waals surface area contributed by atoms with Gasteiger partial charge in [-0.1, -0.05) is 194 Å². The van der Waals surface area contributed by atoms with Crippen molar-refractivity contribution < 1.29 is 0 Å². The Balaban J connectivity index is 1.02. The van der Waals surface area contributed by atoms with Crippen molar-refractivity contribution in [3.05, 3.63) is 243 Å². The summed E-state index contributed by atoms with van der Waals surface area (Å²) in [4.78, 5) is 20.9. The lowest BCUT2D eigenvalue weighted by molar-refractivity contribution is 0.953. The highest BCUT2D eigenvalue weighted by molar-refractivity contribution is 6.19. The van der Waals surface area contributed by atoms with Crippen LogP contribution in [0.1, 0.15) is 0 Å². The summed E-state index contributed by atoms with van der Waals surface area (Å²) in [5.41, 5.74) is 15.6. The molecule has 0 atom stereocenters. The van der Waals surface area contributed by atoms with Crippen molar-refractivity contribution in [1.82, 2.24) is 29.1 Å². The van der Waals surface area contributed by atoms with Crippen LogP contribution in [-0.2, 0) is 0 Å². The van der Waals surface area contributed by atoms with Crippen LogP contribution in [0.25, 0.3) is 123 Å². The number of pyridine rings is 1. The van der Waals surface area contributed by atoms with E-state index in [0.717, 1.165) is 94.4 Å². The third-order valence-corrected chi connectivity index (χ3v) is 13.0. The Labute approximate surface area is 392 Å². The fourth-order valence-corrected chi connectivity index (χ4v) is 9.71. The number of hydrogen-bond donors (Lipinski definition) is 0. The maximum atomic E-state index is 5.31. The molecule has 0 radical (unpaired) electrons. The molecule has 0 bridgehead atoms. The van der Waals surface area contributed by atoms with E-state index in [0.29, 0.717) is 17.6 Å². The maximum absolute atomic E-state index is 5.31. The second-order valence-corrected chi connectivity index (χ2v) is 17.1. The van der Waals surface area contributed by atoms with Crippen LogP contribution in [0.4, 0.5) is 0 Å². The minimum absolute atomic E-state index is 0.553. The minimum atomic E-state index is 0.553. The van der Waals surface area contributed by atoms with Gasteiger partial charge in [0.25, 0.3) is 0 Å². The Hall–Kier alpha value is -9.26. The largest absolute Gasteiger partial charge is 0.309 e. The summed E-state index contributed by atoms with van der Waals surface area (Å²) >= 11 is 0. The predicted molar refractivity (Wildman–Crippen MR) is 279 cm³/mol. The lowest BCUT2D eigenvalue weighted by Gasteiger charge is -2.13. The Morgan fingerprint density at radius 2 is 0.676 bits per heavy atom. The van der Waals surface area contributed by atoms with Crippen LogP contribution in [0.5, 0.6) is 0 Å². The minimum Gasteiger partial charge on any atom is -0.309 e. The molecule has 68 heavy (non-hydrogen) atoms. The first kappa shape index (κ1) is 39.1. The molecular formula is C62H40N6. The van der Waals surface area contributed by atoms with Gasteiger partial charge in [-0.2, -0.15) is 9.97 Å². The normalized spacial score (nSPS) is 11.5. The van der Waals surface area contributed by atoms with Crippen molar-refractivity contribution in [2.45, 2.75) is 0 Å². The van der Waals surface area contributed by atoms with Gasteiger partial charge < -0.3 is 4.57 Å². The third-order valence-electron chi connectivity index (χ3n) is 13.0. The summed E-state index contributed by atoms with van der Waals surface area (Å²) in [6, 6.07) is 85.2. The number of rotatable bonds is 8. The van der Waals surface area contributed by atoms with E-state index in [2.05, 4.69) is 215 Å². The second-order valence-electron chi connectivity index (χ2n) is 17.1. The van der Waals surface area contributed by atoms with Crippen molar-refractivity contribution in [3.63, 3.8) is 0 Å². The predicted octanol–water partition coefficient (Wildman–Crippen LogP) is 15.5. The number of aromatic nitrogens is 6. The fraction of sp³-hybridized carbons (Fsp3) is 0. The molecule has 13 rings (SSSR count). The van der Waals surface area contributed by atoms with Crippen molar-refractivity contribution in [2.24, 2.45) is 0 Å². The van der Waals surface area contributed by atoms with Gasteiger partial charge in [-0.3, -0.25) is 4.57 Å². The Morgan fingerprint density at radius 1 is 0.235 bits per heavy atom. The third kappa shape index (κ3) is 6.82. The van der Waals surface area contributed by atoms with E-state index in [9.17, 15) is 0 Å². The van der Waals surface area contributed by atoms with Gasteiger partial charge in [0.2, 0.25) is 5.95 Å². The summed E-state index contributed by atoms with van der Waals surface area (Å²) < 4.78 is 4.61. The average Bonchev–Trinajstić information content (AvgIpc) is 3.93. The molecule has 0 fully saturated rings. The van der Waals surface area contributed by atoms with E-state index >= 15 is 0 Å². The zero-order valence-electron chi connectivity index (χ0n) is 36.8. The SMILES string of the molecule is c1ccc(-c2ccc(-c3nc(-c4ccccc4)nc(-n4c5ccccc5c5cc6c7ccccc7n(-c7cccc(-c8cc(-c9ccccc9)nc(-c9ccccc9)c8)c7)c6cc54)n3)cc2)cc1. The van der Waals surface area contributed by atoms with Gasteiger partial charge in [0.1, 0.15) is 0 Å². The quantitative estimate of drug-likeness (QED) is 0.153. The summed E-state index contributed by atoms with van der Waals surface area (Å²) in [5.74, 6) is 1.77. The highest BCUT2D eigenvalue weighted by Crippen LogP contribution is 2.41. The summed E-state index contributed by atoms with van der Waals surface area (Å²) in [6.07, 6.45) is 0. The number of fused-ring (bicyclic) bond motifs is 6. The molecule has 0 saturated carbocycles. The monoisotopic (exact) mass is 868 g/mol. The molecule has 0 N–H and O–H groups in total. The zero-order chi connectivity index (χ0) is 45.0. The number of para-hydroxylation sites is 2. The molecule has 6 heteroatoms. The molecule has 4 aromatic heterocycles. The first-order valence-electron chi connectivity index (χ1n) is 22.9. The van der Waals surface area contributed by atoms with Gasteiger partial charge in [0.05, 0.1) is 33.5 Å². The topological polar surface area (TPSA) is 61.4 Å². The Morgan fingerprint density at radius 3 is 1.26 bits per heavy atom. The summed E-state index contributed by atoms with van der Waals surface area (Å²) in [6.45, 7) is 0. The van der Waals surface area contributed by atoms with Crippen LogP contribution in [0.3, 0.4) is 0 Å². The lowest BCUT2D eigenvalue weighted by Crippen LogP contribution is -2.06. The van der Waals surface area contributed by atoms with Crippen molar-refractivity contribution in [2.75, 3.05) is 0 Å². The van der Waals surface area contributed by atoms with Crippen LogP contribution >= 0.6 is 0 Å². The second kappa shape index (κ2) is 16.3. The number of benzene rings is 9.